The van der Waals surface area contributed by atoms with Crippen molar-refractivity contribution >= 4 is 17.4 Å². The van der Waals surface area contributed by atoms with Gasteiger partial charge in [0.2, 0.25) is 0 Å². The number of hydrogen-bond acceptors (Lipinski definition) is 5. The van der Waals surface area contributed by atoms with Crippen LogP contribution in [0.1, 0.15) is 12.6 Å². The molecule has 1 aromatic heterocycles. The molecule has 0 bridgehead atoms. The van der Waals surface area contributed by atoms with E-state index in [1.165, 1.54) is 12.1 Å². The van der Waals surface area contributed by atoms with E-state index in [4.69, 9.17) is 0 Å². The molecule has 0 saturated heterocycles. The fraction of sp³-hybridized carbons (Fsp3) is 0.231. The van der Waals surface area contributed by atoms with E-state index >= 15 is 0 Å². The number of aromatic nitrogens is 2. The third kappa shape index (κ3) is 2.90. The molecule has 0 amide bonds. The minimum absolute atomic E-state index is 0.0861. The zero-order valence-electron chi connectivity index (χ0n) is 10.7. The molecule has 0 spiro atoms. The topological polar surface area (TPSA) is 68.9 Å². The molecule has 0 aliphatic rings. The maximum absolute atomic E-state index is 10.7. The standard InChI is InChI=1S/C13H13N3O2S/c1-3-19-13-12(9(2)14-8-15-13)10-4-6-11(7-5-10)16(17)18/h4-8H,3H2,1-2H3. The van der Waals surface area contributed by atoms with Crippen molar-refractivity contribution < 1.29 is 4.92 Å². The minimum atomic E-state index is -0.403. The van der Waals surface area contributed by atoms with Crippen molar-refractivity contribution in [1.29, 1.82) is 0 Å². The highest BCUT2D eigenvalue weighted by molar-refractivity contribution is 7.99. The van der Waals surface area contributed by atoms with Gasteiger partial charge in [-0.15, -0.1) is 11.8 Å². The molecule has 0 unspecified atom stereocenters. The highest BCUT2D eigenvalue weighted by Gasteiger charge is 2.12. The lowest BCUT2D eigenvalue weighted by Gasteiger charge is -2.09. The summed E-state index contributed by atoms with van der Waals surface area (Å²) in [5.74, 6) is 0.913. The largest absolute Gasteiger partial charge is 0.269 e. The molecular formula is C13H13N3O2S. The summed E-state index contributed by atoms with van der Waals surface area (Å²) in [6, 6.07) is 6.48. The smallest absolute Gasteiger partial charge is 0.258 e. The van der Waals surface area contributed by atoms with Gasteiger partial charge in [0, 0.05) is 23.4 Å². The molecule has 19 heavy (non-hydrogen) atoms. The summed E-state index contributed by atoms with van der Waals surface area (Å²) in [7, 11) is 0. The van der Waals surface area contributed by atoms with Crippen LogP contribution >= 0.6 is 11.8 Å². The van der Waals surface area contributed by atoms with Crippen LogP contribution in [0.15, 0.2) is 35.6 Å². The third-order valence-electron chi connectivity index (χ3n) is 2.65. The Balaban J connectivity index is 2.48. The molecule has 0 aliphatic carbocycles. The van der Waals surface area contributed by atoms with E-state index in [9.17, 15) is 10.1 Å². The van der Waals surface area contributed by atoms with Gasteiger partial charge in [-0.2, -0.15) is 0 Å². The summed E-state index contributed by atoms with van der Waals surface area (Å²) < 4.78 is 0. The number of nitrogens with zero attached hydrogens (tertiary/aromatic N) is 3. The second kappa shape index (κ2) is 5.79. The number of thioether (sulfide) groups is 1. The van der Waals surface area contributed by atoms with Gasteiger partial charge in [-0.1, -0.05) is 6.92 Å². The van der Waals surface area contributed by atoms with Gasteiger partial charge in [0.25, 0.3) is 5.69 Å². The average molecular weight is 275 g/mol. The summed E-state index contributed by atoms with van der Waals surface area (Å²) in [6.07, 6.45) is 1.54. The molecule has 2 rings (SSSR count). The van der Waals surface area contributed by atoms with Crippen molar-refractivity contribution in [3.8, 4) is 11.1 Å². The van der Waals surface area contributed by atoms with E-state index in [1.54, 1.807) is 30.2 Å². The molecule has 6 heteroatoms. The number of hydrogen-bond donors (Lipinski definition) is 0. The second-order valence-corrected chi connectivity index (χ2v) is 5.13. The Morgan fingerprint density at radius 1 is 1.26 bits per heavy atom. The number of non-ortho nitro benzene ring substituents is 1. The van der Waals surface area contributed by atoms with Gasteiger partial charge < -0.3 is 0 Å². The third-order valence-corrected chi connectivity index (χ3v) is 3.52. The van der Waals surface area contributed by atoms with Crippen LogP contribution in [0.4, 0.5) is 5.69 Å². The molecule has 98 valence electrons. The van der Waals surface area contributed by atoms with Gasteiger partial charge in [0.15, 0.2) is 0 Å². The van der Waals surface area contributed by atoms with Crippen LogP contribution in [-0.2, 0) is 0 Å². The van der Waals surface area contributed by atoms with E-state index in [2.05, 4.69) is 16.9 Å². The van der Waals surface area contributed by atoms with E-state index in [1.807, 2.05) is 6.92 Å². The number of nitro groups is 1. The van der Waals surface area contributed by atoms with Crippen molar-refractivity contribution in [2.24, 2.45) is 0 Å². The zero-order chi connectivity index (χ0) is 13.8. The Bertz CT molecular complexity index is 599. The number of aryl methyl sites for hydroxylation is 1. The molecule has 1 heterocycles. The van der Waals surface area contributed by atoms with Gasteiger partial charge in [0.05, 0.1) is 4.92 Å². The monoisotopic (exact) mass is 275 g/mol. The molecule has 1 aromatic carbocycles. The number of benzene rings is 1. The molecule has 0 N–H and O–H groups in total. The van der Waals surface area contributed by atoms with E-state index in [-0.39, 0.29) is 5.69 Å². The SMILES string of the molecule is CCSc1ncnc(C)c1-c1ccc([N+](=O)[O-])cc1. The Labute approximate surface area is 115 Å². The molecular weight excluding hydrogens is 262 g/mol. The highest BCUT2D eigenvalue weighted by atomic mass is 32.2. The van der Waals surface area contributed by atoms with Gasteiger partial charge in [0.1, 0.15) is 11.4 Å². The van der Waals surface area contributed by atoms with E-state index in [0.717, 1.165) is 27.6 Å². The van der Waals surface area contributed by atoms with Crippen LogP contribution < -0.4 is 0 Å². The molecule has 0 saturated carbocycles. The first-order valence-corrected chi connectivity index (χ1v) is 6.81. The lowest BCUT2D eigenvalue weighted by Crippen LogP contribution is -1.95. The van der Waals surface area contributed by atoms with E-state index in [0.29, 0.717) is 0 Å². The van der Waals surface area contributed by atoms with Crippen molar-refractivity contribution in [1.82, 2.24) is 9.97 Å². The Morgan fingerprint density at radius 2 is 1.95 bits per heavy atom. The van der Waals surface area contributed by atoms with Crippen LogP contribution in [0.25, 0.3) is 11.1 Å². The van der Waals surface area contributed by atoms with Gasteiger partial charge in [-0.3, -0.25) is 10.1 Å². The maximum atomic E-state index is 10.7. The number of rotatable bonds is 4. The summed E-state index contributed by atoms with van der Waals surface area (Å²) in [6.45, 7) is 3.97. The fourth-order valence-electron chi connectivity index (χ4n) is 1.78. The van der Waals surface area contributed by atoms with Crippen LogP contribution in [0, 0.1) is 17.0 Å². The molecule has 0 fully saturated rings. The first kappa shape index (κ1) is 13.5. The summed E-state index contributed by atoms with van der Waals surface area (Å²) >= 11 is 1.64. The Kier molecular flexibility index (Phi) is 4.11. The summed E-state index contributed by atoms with van der Waals surface area (Å²) in [5, 5.41) is 11.6. The predicted molar refractivity (Wildman–Crippen MR) is 75.3 cm³/mol. The van der Waals surface area contributed by atoms with Crippen LogP contribution in [0.2, 0.25) is 0 Å². The first-order valence-electron chi connectivity index (χ1n) is 5.82. The Morgan fingerprint density at radius 3 is 2.53 bits per heavy atom. The fourth-order valence-corrected chi connectivity index (χ4v) is 2.59. The summed E-state index contributed by atoms with van der Waals surface area (Å²) in [4.78, 5) is 18.7. The highest BCUT2D eigenvalue weighted by Crippen LogP contribution is 2.32. The normalized spacial score (nSPS) is 10.4. The van der Waals surface area contributed by atoms with Gasteiger partial charge in [-0.05, 0) is 30.4 Å². The minimum Gasteiger partial charge on any atom is -0.258 e. The van der Waals surface area contributed by atoms with Gasteiger partial charge >= 0.3 is 0 Å². The first-order chi connectivity index (χ1) is 9.13. The lowest BCUT2D eigenvalue weighted by molar-refractivity contribution is -0.384. The molecule has 0 aliphatic heterocycles. The van der Waals surface area contributed by atoms with Crippen molar-refractivity contribution in [3.63, 3.8) is 0 Å². The average Bonchev–Trinajstić information content (AvgIpc) is 2.39. The molecule has 0 atom stereocenters. The van der Waals surface area contributed by atoms with Crippen LogP contribution in [0.3, 0.4) is 0 Å². The van der Waals surface area contributed by atoms with Crippen LogP contribution in [0.5, 0.6) is 0 Å². The maximum Gasteiger partial charge on any atom is 0.269 e. The summed E-state index contributed by atoms with van der Waals surface area (Å²) in [5.41, 5.74) is 2.81. The van der Waals surface area contributed by atoms with Crippen molar-refractivity contribution in [3.05, 3.63) is 46.4 Å². The lowest BCUT2D eigenvalue weighted by atomic mass is 10.1. The predicted octanol–water partition coefficient (Wildman–Crippen LogP) is 3.47. The number of nitro benzene ring substituents is 1. The van der Waals surface area contributed by atoms with Crippen molar-refractivity contribution in [2.75, 3.05) is 5.75 Å². The molecule has 2 aromatic rings. The molecule has 5 nitrogen and oxygen atoms in total. The van der Waals surface area contributed by atoms with Gasteiger partial charge in [-0.25, -0.2) is 9.97 Å². The molecule has 0 radical (unpaired) electrons. The van der Waals surface area contributed by atoms with Crippen LogP contribution in [-0.4, -0.2) is 20.6 Å². The van der Waals surface area contributed by atoms with E-state index < -0.39 is 4.92 Å². The zero-order valence-corrected chi connectivity index (χ0v) is 11.5. The Hall–Kier alpha value is -1.95. The van der Waals surface area contributed by atoms with Crippen molar-refractivity contribution in [2.45, 2.75) is 18.9 Å². The second-order valence-electron chi connectivity index (χ2n) is 3.88. The quantitative estimate of drug-likeness (QED) is 0.370.